The van der Waals surface area contributed by atoms with E-state index in [-0.39, 0.29) is 23.1 Å². The van der Waals surface area contributed by atoms with Gasteiger partial charge in [0.2, 0.25) is 0 Å². The van der Waals surface area contributed by atoms with Gasteiger partial charge >= 0.3 is 0 Å². The molecule has 3 nitrogen and oxygen atoms in total. The third kappa shape index (κ3) is 2.62. The van der Waals surface area contributed by atoms with Gasteiger partial charge in [-0.2, -0.15) is 0 Å². The van der Waals surface area contributed by atoms with Crippen LogP contribution in [0.5, 0.6) is 0 Å². The highest BCUT2D eigenvalue weighted by molar-refractivity contribution is 9.10. The summed E-state index contributed by atoms with van der Waals surface area (Å²) < 4.78 is 15.2. The highest BCUT2D eigenvalue weighted by atomic mass is 79.9. The Bertz CT molecular complexity index is 657. The third-order valence-electron chi connectivity index (χ3n) is 2.53. The van der Waals surface area contributed by atoms with Crippen molar-refractivity contribution in [1.82, 2.24) is 9.55 Å². The maximum absolute atomic E-state index is 13.4. The molecule has 0 aliphatic carbocycles. The molecule has 0 radical (unpaired) electrons. The Morgan fingerprint density at radius 2 is 2.22 bits per heavy atom. The quantitative estimate of drug-likeness (QED) is 0.792. The van der Waals surface area contributed by atoms with Crippen molar-refractivity contribution < 1.29 is 4.39 Å². The highest BCUT2D eigenvalue weighted by Crippen LogP contribution is 2.21. The lowest BCUT2D eigenvalue weighted by atomic mass is 10.2. The van der Waals surface area contributed by atoms with Crippen LogP contribution in [0, 0.1) is 12.7 Å². The summed E-state index contributed by atoms with van der Waals surface area (Å²) >= 11 is 8.85. The molecule has 94 valence electrons. The van der Waals surface area contributed by atoms with Crippen molar-refractivity contribution in [2.24, 2.45) is 0 Å². The number of nitrogens with zero attached hydrogens (tertiary/aromatic N) is 2. The van der Waals surface area contributed by atoms with Crippen molar-refractivity contribution in [3.05, 3.63) is 61.5 Å². The van der Waals surface area contributed by atoms with Gasteiger partial charge in [0.15, 0.2) is 0 Å². The molecule has 0 N–H and O–H groups in total. The zero-order chi connectivity index (χ0) is 13.3. The van der Waals surface area contributed by atoms with E-state index in [4.69, 9.17) is 11.6 Å². The fraction of sp³-hybridized carbons (Fsp3) is 0.167. The van der Waals surface area contributed by atoms with Gasteiger partial charge in [-0.05, 0) is 34.5 Å². The first-order valence-corrected chi connectivity index (χ1v) is 6.33. The fourth-order valence-corrected chi connectivity index (χ4v) is 2.23. The maximum atomic E-state index is 13.4. The topological polar surface area (TPSA) is 34.9 Å². The van der Waals surface area contributed by atoms with Gasteiger partial charge < -0.3 is 0 Å². The summed E-state index contributed by atoms with van der Waals surface area (Å²) in [5, 5.41) is 0.159. The van der Waals surface area contributed by atoms with Crippen molar-refractivity contribution in [1.29, 1.82) is 0 Å². The zero-order valence-corrected chi connectivity index (χ0v) is 11.8. The van der Waals surface area contributed by atoms with Crippen LogP contribution in [0.3, 0.4) is 0 Å². The van der Waals surface area contributed by atoms with E-state index >= 15 is 0 Å². The normalized spacial score (nSPS) is 10.7. The minimum atomic E-state index is -0.361. The molecule has 1 aromatic heterocycles. The van der Waals surface area contributed by atoms with Crippen LogP contribution in [0.2, 0.25) is 5.15 Å². The van der Waals surface area contributed by atoms with Gasteiger partial charge in [-0.15, -0.1) is 0 Å². The van der Waals surface area contributed by atoms with Crippen LogP contribution in [0.25, 0.3) is 0 Å². The molecule has 0 aliphatic heterocycles. The smallest absolute Gasteiger partial charge is 0.255 e. The Kier molecular flexibility index (Phi) is 3.82. The average Bonchev–Trinajstić information content (AvgIpc) is 2.28. The van der Waals surface area contributed by atoms with Crippen LogP contribution >= 0.6 is 27.5 Å². The van der Waals surface area contributed by atoms with E-state index in [1.807, 2.05) is 0 Å². The predicted molar refractivity (Wildman–Crippen MR) is 71.4 cm³/mol. The van der Waals surface area contributed by atoms with Gasteiger partial charge in [0, 0.05) is 6.07 Å². The molecule has 0 spiro atoms. The molecular formula is C12H9BrClFN2O. The molecule has 0 saturated carbocycles. The lowest BCUT2D eigenvalue weighted by Crippen LogP contribution is -2.23. The molecule has 18 heavy (non-hydrogen) atoms. The van der Waals surface area contributed by atoms with Gasteiger partial charge in [-0.25, -0.2) is 9.37 Å². The second-order valence-corrected chi connectivity index (χ2v) is 4.94. The monoisotopic (exact) mass is 330 g/mol. The lowest BCUT2D eigenvalue weighted by molar-refractivity contribution is 0.612. The van der Waals surface area contributed by atoms with E-state index in [2.05, 4.69) is 20.9 Å². The summed E-state index contributed by atoms with van der Waals surface area (Å²) in [7, 11) is 0. The molecule has 0 aliphatic rings. The van der Waals surface area contributed by atoms with Gasteiger partial charge in [-0.3, -0.25) is 9.36 Å². The first-order chi connectivity index (χ1) is 8.49. The Morgan fingerprint density at radius 1 is 1.50 bits per heavy atom. The van der Waals surface area contributed by atoms with Crippen molar-refractivity contribution in [3.8, 4) is 0 Å². The van der Waals surface area contributed by atoms with Crippen molar-refractivity contribution in [2.45, 2.75) is 13.5 Å². The highest BCUT2D eigenvalue weighted by Gasteiger charge is 2.09. The molecule has 0 saturated heterocycles. The first kappa shape index (κ1) is 13.2. The fourth-order valence-electron chi connectivity index (χ4n) is 1.62. The second kappa shape index (κ2) is 5.20. The van der Waals surface area contributed by atoms with Crippen LogP contribution in [0.1, 0.15) is 11.4 Å². The predicted octanol–water partition coefficient (Wildman–Crippen LogP) is 3.16. The minimum Gasteiger partial charge on any atom is -0.292 e. The van der Waals surface area contributed by atoms with Gasteiger partial charge in [0.05, 0.1) is 11.0 Å². The molecule has 0 amide bonds. The van der Waals surface area contributed by atoms with E-state index in [0.717, 1.165) is 0 Å². The standard InChI is InChI=1S/C12H9BrClFN2O/c1-7-16-10(14)5-11(18)17(7)6-8-3-2-4-9(15)12(8)13/h2-5H,6H2,1H3. The van der Waals surface area contributed by atoms with E-state index in [1.54, 1.807) is 19.1 Å². The average molecular weight is 332 g/mol. The minimum absolute atomic E-state index is 0.159. The summed E-state index contributed by atoms with van der Waals surface area (Å²) in [6.45, 7) is 1.92. The summed E-state index contributed by atoms with van der Waals surface area (Å²) in [5.41, 5.74) is 0.410. The van der Waals surface area contributed by atoms with Gasteiger partial charge in [0.1, 0.15) is 16.8 Å². The number of halogens is 3. The molecular weight excluding hydrogens is 322 g/mol. The van der Waals surface area contributed by atoms with E-state index in [9.17, 15) is 9.18 Å². The Hall–Kier alpha value is -1.20. The number of aromatic nitrogens is 2. The van der Waals surface area contributed by atoms with Crippen molar-refractivity contribution in [2.75, 3.05) is 0 Å². The molecule has 0 atom stereocenters. The summed E-state index contributed by atoms with van der Waals surface area (Å²) in [6, 6.07) is 5.93. The van der Waals surface area contributed by atoms with Crippen LogP contribution in [0.15, 0.2) is 33.5 Å². The van der Waals surface area contributed by atoms with E-state index in [1.165, 1.54) is 16.7 Å². The summed E-state index contributed by atoms with van der Waals surface area (Å²) in [4.78, 5) is 15.8. The Labute approximate surface area is 116 Å². The molecule has 2 aromatic rings. The van der Waals surface area contributed by atoms with Crippen LogP contribution in [-0.2, 0) is 6.54 Å². The SMILES string of the molecule is Cc1nc(Cl)cc(=O)n1Cc1cccc(F)c1Br. The third-order valence-corrected chi connectivity index (χ3v) is 3.61. The summed E-state index contributed by atoms with van der Waals surface area (Å²) in [5.74, 6) is 0.129. The van der Waals surface area contributed by atoms with Gasteiger partial charge in [-0.1, -0.05) is 23.7 Å². The first-order valence-electron chi connectivity index (χ1n) is 5.16. The zero-order valence-electron chi connectivity index (χ0n) is 9.45. The molecule has 0 fully saturated rings. The maximum Gasteiger partial charge on any atom is 0.255 e. The largest absolute Gasteiger partial charge is 0.292 e. The molecule has 0 unspecified atom stereocenters. The Morgan fingerprint density at radius 3 is 2.89 bits per heavy atom. The molecule has 1 heterocycles. The van der Waals surface area contributed by atoms with Gasteiger partial charge in [0.25, 0.3) is 5.56 Å². The summed E-state index contributed by atoms with van der Waals surface area (Å²) in [6.07, 6.45) is 0. The van der Waals surface area contributed by atoms with Crippen molar-refractivity contribution >= 4 is 27.5 Å². The van der Waals surface area contributed by atoms with Crippen LogP contribution in [-0.4, -0.2) is 9.55 Å². The van der Waals surface area contributed by atoms with Crippen LogP contribution < -0.4 is 5.56 Å². The second-order valence-electron chi connectivity index (χ2n) is 3.76. The number of benzene rings is 1. The molecule has 1 aromatic carbocycles. The Balaban J connectivity index is 2.47. The van der Waals surface area contributed by atoms with Crippen molar-refractivity contribution in [3.63, 3.8) is 0 Å². The molecule has 6 heteroatoms. The lowest BCUT2D eigenvalue weighted by Gasteiger charge is -2.10. The van der Waals surface area contributed by atoms with E-state index < -0.39 is 0 Å². The number of hydrogen-bond donors (Lipinski definition) is 0. The number of hydrogen-bond acceptors (Lipinski definition) is 2. The van der Waals surface area contributed by atoms with Crippen LogP contribution in [0.4, 0.5) is 4.39 Å². The van der Waals surface area contributed by atoms with E-state index in [0.29, 0.717) is 15.9 Å². The number of aryl methyl sites for hydroxylation is 1. The molecule has 2 rings (SSSR count). The number of rotatable bonds is 2. The molecule has 0 bridgehead atoms.